The second-order valence-electron chi connectivity index (χ2n) is 10.3. The summed E-state index contributed by atoms with van der Waals surface area (Å²) >= 11 is 0. The van der Waals surface area contributed by atoms with E-state index in [1.165, 1.54) is 30.7 Å². The van der Waals surface area contributed by atoms with E-state index in [-0.39, 0.29) is 45.3 Å². The highest BCUT2D eigenvalue weighted by atomic mass is 32.2. The van der Waals surface area contributed by atoms with Crippen molar-refractivity contribution in [3.63, 3.8) is 0 Å². The van der Waals surface area contributed by atoms with Crippen LogP contribution in [-0.2, 0) is 29.1 Å². The van der Waals surface area contributed by atoms with E-state index < -0.39 is 40.0 Å². The molecule has 0 amide bonds. The van der Waals surface area contributed by atoms with Crippen molar-refractivity contribution in [3.8, 4) is 28.6 Å². The van der Waals surface area contributed by atoms with Crippen LogP contribution in [0, 0.1) is 17.5 Å². The molecule has 2 aromatic heterocycles. The normalized spacial score (nSPS) is 15.2. The minimum Gasteiger partial charge on any atom is -0.493 e. The number of aromatic nitrogens is 3. The van der Waals surface area contributed by atoms with Crippen molar-refractivity contribution in [2.75, 3.05) is 12.9 Å². The molecule has 2 unspecified atom stereocenters. The van der Waals surface area contributed by atoms with E-state index in [1.54, 1.807) is 17.8 Å². The topological polar surface area (TPSA) is 106 Å². The monoisotopic (exact) mass is 609 g/mol. The fraction of sp³-hybridized carbons (Fsp3) is 0.226. The zero-order valence-electron chi connectivity index (χ0n) is 23.1. The van der Waals surface area contributed by atoms with Crippen LogP contribution in [0.1, 0.15) is 35.6 Å². The van der Waals surface area contributed by atoms with Crippen LogP contribution in [0.15, 0.2) is 59.8 Å². The van der Waals surface area contributed by atoms with Crippen molar-refractivity contribution in [2.24, 2.45) is 7.05 Å². The lowest BCUT2D eigenvalue weighted by Gasteiger charge is -2.26. The fourth-order valence-electron chi connectivity index (χ4n) is 5.55. The lowest BCUT2D eigenvalue weighted by molar-refractivity contribution is -0.136. The molecule has 3 aromatic carbocycles. The number of aromatic amines is 1. The maximum Gasteiger partial charge on any atom is 0.303 e. The van der Waals surface area contributed by atoms with Gasteiger partial charge >= 0.3 is 5.97 Å². The molecule has 2 atom stereocenters. The van der Waals surface area contributed by atoms with Crippen LogP contribution >= 0.6 is 0 Å². The van der Waals surface area contributed by atoms with Crippen LogP contribution in [0.5, 0.6) is 17.2 Å². The lowest BCUT2D eigenvalue weighted by Crippen LogP contribution is -2.17. The number of carbonyl (C=O) groups is 1. The zero-order chi connectivity index (χ0) is 30.4. The van der Waals surface area contributed by atoms with Gasteiger partial charge in [-0.3, -0.25) is 9.00 Å². The first kappa shape index (κ1) is 28.5. The zero-order valence-corrected chi connectivity index (χ0v) is 23.9. The van der Waals surface area contributed by atoms with Gasteiger partial charge in [-0.1, -0.05) is 18.2 Å². The van der Waals surface area contributed by atoms with E-state index in [0.29, 0.717) is 30.9 Å². The molecule has 6 rings (SSSR count). The molecular formula is C31H26F3N3O5S. The number of aryl methyl sites for hydroxylation is 2. The molecule has 0 fully saturated rings. The summed E-state index contributed by atoms with van der Waals surface area (Å²) in [6, 6.07) is 10.8. The maximum absolute atomic E-state index is 15.2. The van der Waals surface area contributed by atoms with Crippen molar-refractivity contribution in [1.82, 2.24) is 14.5 Å². The van der Waals surface area contributed by atoms with Gasteiger partial charge in [-0.05, 0) is 42.7 Å². The van der Waals surface area contributed by atoms with E-state index in [9.17, 15) is 13.4 Å². The molecule has 0 radical (unpaired) electrons. The van der Waals surface area contributed by atoms with Crippen LogP contribution in [0.3, 0.4) is 0 Å². The van der Waals surface area contributed by atoms with Crippen molar-refractivity contribution in [3.05, 3.63) is 89.1 Å². The van der Waals surface area contributed by atoms with Gasteiger partial charge in [0.1, 0.15) is 23.1 Å². The number of fused-ring (bicyclic) bond motifs is 2. The number of hydrogen-bond donors (Lipinski definition) is 2. The Balaban J connectivity index is 1.37. The SMILES string of the molecule is Cn1cc(C2CCOc3c(CCC(=O)O)cccc32)nc1-c1cc(Oc2c(F)c(F)c3[nH]ccc3c2S(C)=O)ccc1F. The molecule has 222 valence electrons. The third kappa shape index (κ3) is 5.16. The Hall–Kier alpha value is -4.58. The van der Waals surface area contributed by atoms with Crippen molar-refractivity contribution >= 4 is 27.7 Å². The molecule has 0 aliphatic carbocycles. The highest BCUT2D eigenvalue weighted by Gasteiger charge is 2.29. The molecule has 2 N–H and O–H groups in total. The predicted molar refractivity (Wildman–Crippen MR) is 154 cm³/mol. The predicted octanol–water partition coefficient (Wildman–Crippen LogP) is 6.45. The number of ether oxygens (including phenoxy) is 2. The average Bonchev–Trinajstić information content (AvgIpc) is 3.62. The molecule has 12 heteroatoms. The molecule has 5 aromatic rings. The van der Waals surface area contributed by atoms with Crippen molar-refractivity contribution in [1.29, 1.82) is 0 Å². The molecule has 1 aliphatic heterocycles. The lowest BCUT2D eigenvalue weighted by atomic mass is 9.88. The number of carboxylic acid groups (broad SMARTS) is 1. The minimum atomic E-state index is -1.74. The summed E-state index contributed by atoms with van der Waals surface area (Å²) in [4.78, 5) is 18.5. The second kappa shape index (κ2) is 11.3. The van der Waals surface area contributed by atoms with Crippen LogP contribution in [0.4, 0.5) is 13.2 Å². The van der Waals surface area contributed by atoms with E-state index in [2.05, 4.69) is 4.98 Å². The molecule has 3 heterocycles. The highest BCUT2D eigenvalue weighted by Crippen LogP contribution is 2.42. The van der Waals surface area contributed by atoms with E-state index in [1.807, 2.05) is 18.2 Å². The quantitative estimate of drug-likeness (QED) is 0.210. The number of halogens is 3. The van der Waals surface area contributed by atoms with Gasteiger partial charge in [0.05, 0.1) is 39.1 Å². The van der Waals surface area contributed by atoms with Crippen LogP contribution in [0.25, 0.3) is 22.3 Å². The summed E-state index contributed by atoms with van der Waals surface area (Å²) < 4.78 is 71.1. The standard InChI is InChI=1S/C31H26F3N3O5S/c1-37-15-23(18-11-13-41-28-16(6-9-24(38)39)4-3-5-19(18)28)36-31(37)21-14-17(7-8-22(21)32)42-29-26(34)25(33)27-20(10-12-35-27)30(29)43(2)40/h3-5,7-8,10,12,14-15,18,35H,6,9,11,13H2,1-2H3,(H,38,39). The van der Waals surface area contributed by atoms with Gasteiger partial charge in [0.25, 0.3) is 0 Å². The molecule has 0 spiro atoms. The van der Waals surface area contributed by atoms with Crippen LogP contribution in [0.2, 0.25) is 0 Å². The molecule has 8 nitrogen and oxygen atoms in total. The molecule has 0 saturated heterocycles. The number of nitrogens with one attached hydrogen (secondary N) is 1. The first-order valence-electron chi connectivity index (χ1n) is 13.4. The number of H-pyrrole nitrogens is 1. The van der Waals surface area contributed by atoms with Gasteiger partial charge in [-0.25, -0.2) is 13.8 Å². The minimum absolute atomic E-state index is 0.000296. The number of imidazole rings is 1. The largest absolute Gasteiger partial charge is 0.493 e. The Morgan fingerprint density at radius 2 is 2.02 bits per heavy atom. The first-order valence-corrected chi connectivity index (χ1v) is 15.0. The Bertz CT molecular complexity index is 1920. The first-order chi connectivity index (χ1) is 20.6. The second-order valence-corrected chi connectivity index (χ2v) is 11.6. The van der Waals surface area contributed by atoms with E-state index in [4.69, 9.17) is 19.6 Å². The maximum atomic E-state index is 15.2. The summed E-state index contributed by atoms with van der Waals surface area (Å²) in [5.41, 5.74) is 2.27. The number of aliphatic carboxylic acids is 1. The number of hydrogen-bond acceptors (Lipinski definition) is 5. The molecule has 43 heavy (non-hydrogen) atoms. The Morgan fingerprint density at radius 3 is 2.79 bits per heavy atom. The Labute approximate surface area is 246 Å². The average molecular weight is 610 g/mol. The van der Waals surface area contributed by atoms with Gasteiger partial charge < -0.3 is 24.1 Å². The Morgan fingerprint density at radius 1 is 1.21 bits per heavy atom. The molecule has 0 bridgehead atoms. The summed E-state index contributed by atoms with van der Waals surface area (Å²) in [5, 5.41) is 9.34. The third-order valence-corrected chi connectivity index (χ3v) is 8.49. The fourth-order valence-corrected chi connectivity index (χ4v) is 6.42. The van der Waals surface area contributed by atoms with Gasteiger partial charge in [0.15, 0.2) is 11.6 Å². The third-order valence-electron chi connectivity index (χ3n) is 7.51. The van der Waals surface area contributed by atoms with Gasteiger partial charge in [-0.2, -0.15) is 4.39 Å². The molecule has 1 aliphatic rings. The van der Waals surface area contributed by atoms with Crippen LogP contribution in [-0.4, -0.2) is 42.7 Å². The van der Waals surface area contributed by atoms with E-state index >= 15 is 8.78 Å². The van der Waals surface area contributed by atoms with Gasteiger partial charge in [0.2, 0.25) is 5.82 Å². The number of benzene rings is 3. The summed E-state index contributed by atoms with van der Waals surface area (Å²) in [6.45, 7) is 0.403. The van der Waals surface area contributed by atoms with Gasteiger partial charge in [-0.15, -0.1) is 0 Å². The van der Waals surface area contributed by atoms with Crippen molar-refractivity contribution < 1.29 is 36.8 Å². The summed E-state index contributed by atoms with van der Waals surface area (Å²) in [6.07, 6.45) is 5.45. The summed E-state index contributed by atoms with van der Waals surface area (Å²) in [7, 11) is -0.0223. The molecular weight excluding hydrogens is 583 g/mol. The smallest absolute Gasteiger partial charge is 0.303 e. The Kier molecular flexibility index (Phi) is 7.47. The van der Waals surface area contributed by atoms with Gasteiger partial charge in [0, 0.05) is 49.0 Å². The number of nitrogens with zero attached hydrogens (tertiary/aromatic N) is 2. The molecule has 0 saturated carbocycles. The summed E-state index contributed by atoms with van der Waals surface area (Å²) in [5.74, 6) is -3.79. The number of rotatable bonds is 8. The van der Waals surface area contributed by atoms with Crippen LogP contribution < -0.4 is 9.47 Å². The number of para-hydroxylation sites is 1. The van der Waals surface area contributed by atoms with E-state index in [0.717, 1.165) is 17.2 Å². The highest BCUT2D eigenvalue weighted by molar-refractivity contribution is 7.84. The number of carboxylic acids is 1. The van der Waals surface area contributed by atoms with Crippen molar-refractivity contribution in [2.45, 2.75) is 30.1 Å².